The van der Waals surface area contributed by atoms with Crippen molar-refractivity contribution in [2.24, 2.45) is 0 Å². The first-order valence-electron chi connectivity index (χ1n) is 4.59. The molecule has 0 atom stereocenters. The molecule has 0 aliphatic carbocycles. The molecular weight excluding hydrogens is 146 g/mol. The molecule has 1 heteroatoms. The Morgan fingerprint density at radius 3 is 2.92 bits per heavy atom. The van der Waals surface area contributed by atoms with Gasteiger partial charge in [0.05, 0.1) is 0 Å². The topological polar surface area (TPSA) is 3.24 Å². The molecule has 1 aliphatic heterocycles. The molecule has 0 radical (unpaired) electrons. The number of rotatable bonds is 1. The third kappa shape index (κ3) is 1.14. The molecule has 0 spiro atoms. The summed E-state index contributed by atoms with van der Waals surface area (Å²) in [7, 11) is 2.18. The van der Waals surface area contributed by atoms with Crippen LogP contribution in [-0.4, -0.2) is 11.9 Å². The van der Waals surface area contributed by atoms with Crippen LogP contribution in [-0.2, 0) is 19.5 Å². The minimum Gasteiger partial charge on any atom is -0.298 e. The lowest BCUT2D eigenvalue weighted by Crippen LogP contribution is -2.07. The molecular formula is C11H15N. The van der Waals surface area contributed by atoms with Crippen molar-refractivity contribution in [3.8, 4) is 0 Å². The zero-order chi connectivity index (χ0) is 8.55. The van der Waals surface area contributed by atoms with E-state index in [1.807, 2.05) is 0 Å². The van der Waals surface area contributed by atoms with Crippen LogP contribution in [0.4, 0.5) is 0 Å². The minimum atomic E-state index is 1.13. The van der Waals surface area contributed by atoms with Gasteiger partial charge in [0.1, 0.15) is 0 Å². The second-order valence-corrected chi connectivity index (χ2v) is 3.58. The molecule has 0 fully saturated rings. The maximum atomic E-state index is 2.36. The van der Waals surface area contributed by atoms with E-state index in [0.29, 0.717) is 0 Å². The van der Waals surface area contributed by atoms with Crippen LogP contribution < -0.4 is 0 Å². The quantitative estimate of drug-likeness (QED) is 0.610. The van der Waals surface area contributed by atoms with Crippen molar-refractivity contribution in [2.45, 2.75) is 26.4 Å². The van der Waals surface area contributed by atoms with E-state index in [-0.39, 0.29) is 0 Å². The predicted octanol–water partition coefficient (Wildman–Crippen LogP) is 2.19. The monoisotopic (exact) mass is 161 g/mol. The molecule has 1 heterocycles. The van der Waals surface area contributed by atoms with Crippen LogP contribution in [0.5, 0.6) is 0 Å². The van der Waals surface area contributed by atoms with E-state index in [9.17, 15) is 0 Å². The SMILES string of the molecule is CCc1cccc2c1CN(C)C2. The van der Waals surface area contributed by atoms with Crippen LogP contribution in [0.2, 0.25) is 0 Å². The molecule has 0 saturated carbocycles. The van der Waals surface area contributed by atoms with Gasteiger partial charge in [-0.05, 0) is 30.2 Å². The van der Waals surface area contributed by atoms with E-state index in [2.05, 4.69) is 37.1 Å². The van der Waals surface area contributed by atoms with Crippen molar-refractivity contribution < 1.29 is 0 Å². The van der Waals surface area contributed by atoms with Crippen molar-refractivity contribution in [3.63, 3.8) is 0 Å². The zero-order valence-corrected chi connectivity index (χ0v) is 7.80. The molecule has 0 unspecified atom stereocenters. The first-order chi connectivity index (χ1) is 5.81. The van der Waals surface area contributed by atoms with E-state index in [1.165, 1.54) is 11.1 Å². The average Bonchev–Trinajstić information content (AvgIpc) is 2.44. The molecule has 0 saturated heterocycles. The second-order valence-electron chi connectivity index (χ2n) is 3.58. The van der Waals surface area contributed by atoms with Crippen LogP contribution in [0, 0.1) is 0 Å². The van der Waals surface area contributed by atoms with E-state index in [0.717, 1.165) is 19.5 Å². The van der Waals surface area contributed by atoms with Crippen LogP contribution in [0.1, 0.15) is 23.6 Å². The fourth-order valence-corrected chi connectivity index (χ4v) is 1.99. The van der Waals surface area contributed by atoms with Crippen molar-refractivity contribution in [2.75, 3.05) is 7.05 Å². The third-order valence-corrected chi connectivity index (χ3v) is 2.62. The Hall–Kier alpha value is -0.820. The minimum absolute atomic E-state index is 1.13. The molecule has 0 bridgehead atoms. The predicted molar refractivity (Wildman–Crippen MR) is 51.0 cm³/mol. The van der Waals surface area contributed by atoms with Gasteiger partial charge in [-0.15, -0.1) is 0 Å². The van der Waals surface area contributed by atoms with Crippen LogP contribution in [0.3, 0.4) is 0 Å². The van der Waals surface area contributed by atoms with Gasteiger partial charge >= 0.3 is 0 Å². The third-order valence-electron chi connectivity index (χ3n) is 2.62. The molecule has 1 aromatic carbocycles. The smallest absolute Gasteiger partial charge is 0.0240 e. The maximum Gasteiger partial charge on any atom is 0.0240 e. The summed E-state index contributed by atoms with van der Waals surface area (Å²) in [4.78, 5) is 2.36. The molecule has 0 N–H and O–H groups in total. The van der Waals surface area contributed by atoms with Crippen molar-refractivity contribution in [1.82, 2.24) is 4.90 Å². The molecule has 12 heavy (non-hydrogen) atoms. The molecule has 1 aromatic rings. The highest BCUT2D eigenvalue weighted by atomic mass is 15.1. The summed E-state index contributed by atoms with van der Waals surface area (Å²) in [6, 6.07) is 6.67. The Morgan fingerprint density at radius 1 is 1.33 bits per heavy atom. The van der Waals surface area contributed by atoms with Crippen LogP contribution >= 0.6 is 0 Å². The Bertz CT molecular complexity index is 291. The van der Waals surface area contributed by atoms with Gasteiger partial charge < -0.3 is 0 Å². The number of hydrogen-bond donors (Lipinski definition) is 0. The number of fused-ring (bicyclic) bond motifs is 1. The van der Waals surface area contributed by atoms with Gasteiger partial charge in [-0.2, -0.15) is 0 Å². The maximum absolute atomic E-state index is 2.36. The number of nitrogens with zero attached hydrogens (tertiary/aromatic N) is 1. The summed E-state index contributed by atoms with van der Waals surface area (Å²) in [6.07, 6.45) is 1.16. The Morgan fingerprint density at radius 2 is 2.17 bits per heavy atom. The fourth-order valence-electron chi connectivity index (χ4n) is 1.99. The zero-order valence-electron chi connectivity index (χ0n) is 7.80. The average molecular weight is 161 g/mol. The lowest BCUT2D eigenvalue weighted by molar-refractivity contribution is 0.352. The number of benzene rings is 1. The van der Waals surface area contributed by atoms with Gasteiger partial charge in [-0.3, -0.25) is 4.90 Å². The van der Waals surface area contributed by atoms with Crippen molar-refractivity contribution in [1.29, 1.82) is 0 Å². The summed E-state index contributed by atoms with van der Waals surface area (Å²) < 4.78 is 0. The Kier molecular flexibility index (Phi) is 1.89. The lowest BCUT2D eigenvalue weighted by atomic mass is 10.0. The second kappa shape index (κ2) is 2.91. The van der Waals surface area contributed by atoms with Crippen molar-refractivity contribution >= 4 is 0 Å². The summed E-state index contributed by atoms with van der Waals surface area (Å²) in [5, 5.41) is 0. The normalized spacial score (nSPS) is 16.5. The molecule has 64 valence electrons. The van der Waals surface area contributed by atoms with Gasteiger partial charge in [-0.1, -0.05) is 25.1 Å². The largest absolute Gasteiger partial charge is 0.298 e. The molecule has 1 nitrogen and oxygen atoms in total. The molecule has 0 amide bonds. The molecule has 1 aliphatic rings. The summed E-state index contributed by atoms with van der Waals surface area (Å²) in [5.41, 5.74) is 4.62. The van der Waals surface area contributed by atoms with Gasteiger partial charge in [0.15, 0.2) is 0 Å². The first kappa shape index (κ1) is 7.81. The van der Waals surface area contributed by atoms with Gasteiger partial charge in [0.25, 0.3) is 0 Å². The van der Waals surface area contributed by atoms with Gasteiger partial charge in [0.2, 0.25) is 0 Å². The molecule has 2 rings (SSSR count). The van der Waals surface area contributed by atoms with E-state index < -0.39 is 0 Å². The van der Waals surface area contributed by atoms with E-state index >= 15 is 0 Å². The van der Waals surface area contributed by atoms with E-state index in [1.54, 1.807) is 5.56 Å². The summed E-state index contributed by atoms with van der Waals surface area (Å²) >= 11 is 0. The lowest BCUT2D eigenvalue weighted by Gasteiger charge is -2.05. The number of aryl methyl sites for hydroxylation is 1. The van der Waals surface area contributed by atoms with Crippen LogP contribution in [0.25, 0.3) is 0 Å². The highest BCUT2D eigenvalue weighted by Gasteiger charge is 2.16. The Balaban J connectivity index is 2.44. The summed E-state index contributed by atoms with van der Waals surface area (Å²) in [5.74, 6) is 0. The molecule has 0 aromatic heterocycles. The standard InChI is InChI=1S/C11H15N/c1-3-9-5-4-6-10-7-12(2)8-11(9)10/h4-6H,3,7-8H2,1-2H3. The van der Waals surface area contributed by atoms with Crippen LogP contribution in [0.15, 0.2) is 18.2 Å². The van der Waals surface area contributed by atoms with Gasteiger partial charge in [-0.25, -0.2) is 0 Å². The highest BCUT2D eigenvalue weighted by Crippen LogP contribution is 2.24. The highest BCUT2D eigenvalue weighted by molar-refractivity contribution is 5.37. The van der Waals surface area contributed by atoms with E-state index in [4.69, 9.17) is 0 Å². The first-order valence-corrected chi connectivity index (χ1v) is 4.59. The van der Waals surface area contributed by atoms with Crippen molar-refractivity contribution in [3.05, 3.63) is 34.9 Å². The van der Waals surface area contributed by atoms with Gasteiger partial charge in [0, 0.05) is 13.1 Å². The fraction of sp³-hybridized carbons (Fsp3) is 0.455. The Labute approximate surface area is 74.0 Å². The summed E-state index contributed by atoms with van der Waals surface area (Å²) in [6.45, 7) is 4.50. The number of hydrogen-bond acceptors (Lipinski definition) is 1.